The van der Waals surface area contributed by atoms with E-state index in [1.807, 2.05) is 0 Å². The van der Waals surface area contributed by atoms with E-state index in [1.165, 1.54) is 4.68 Å². The maximum absolute atomic E-state index is 13.4. The van der Waals surface area contributed by atoms with Gasteiger partial charge in [-0.1, -0.05) is 11.6 Å². The number of nitrogen functional groups attached to an aromatic ring is 2. The molecule has 1 spiro atoms. The molecular formula is C23H26ClN11O3. The second-order valence-electron chi connectivity index (χ2n) is 9.26. The van der Waals surface area contributed by atoms with E-state index < -0.39 is 11.4 Å². The highest BCUT2D eigenvalue weighted by Crippen LogP contribution is 2.27. The molecule has 0 bridgehead atoms. The van der Waals surface area contributed by atoms with Gasteiger partial charge in [0.05, 0.1) is 29.7 Å². The summed E-state index contributed by atoms with van der Waals surface area (Å²) in [5.41, 5.74) is 11.6. The highest BCUT2D eigenvalue weighted by molar-refractivity contribution is 6.31. The number of piperidine rings is 1. The first-order chi connectivity index (χ1) is 18.1. The Morgan fingerprint density at radius 1 is 1.18 bits per heavy atom. The number of likely N-dealkylation sites (tertiary alicyclic amines) is 1. The van der Waals surface area contributed by atoms with Gasteiger partial charge in [0.2, 0.25) is 0 Å². The second kappa shape index (κ2) is 9.45. The second-order valence-corrected chi connectivity index (χ2v) is 9.62. The first-order valence-electron chi connectivity index (χ1n) is 11.8. The molecular weight excluding hydrogens is 514 g/mol. The summed E-state index contributed by atoms with van der Waals surface area (Å²) < 4.78 is 3.10. The fourth-order valence-electron chi connectivity index (χ4n) is 4.71. The van der Waals surface area contributed by atoms with E-state index >= 15 is 0 Å². The number of rotatable bonds is 3. The van der Waals surface area contributed by atoms with Crippen molar-refractivity contribution in [3.8, 4) is 5.69 Å². The molecule has 1 fully saturated rings. The molecule has 5 rings (SSSR count). The molecule has 0 atom stereocenters. The number of carbonyl (C=O) groups excluding carboxylic acids is 2. The SMILES string of the molecule is Cc1c(C(=O)N2CCC3(CC2)CN=C(NC(=O)c2nc(Cl)c(N)nc2N)N3)c(=O)n(-c2cccnc2)n1C. The third kappa shape index (κ3) is 4.32. The van der Waals surface area contributed by atoms with Crippen molar-refractivity contribution < 1.29 is 9.59 Å². The zero-order valence-electron chi connectivity index (χ0n) is 20.7. The minimum absolute atomic E-state index is 0.0704. The third-order valence-corrected chi connectivity index (χ3v) is 7.22. The lowest BCUT2D eigenvalue weighted by Crippen LogP contribution is -2.57. The number of aliphatic imine (C=N–C) groups is 1. The van der Waals surface area contributed by atoms with Crippen LogP contribution >= 0.6 is 11.6 Å². The van der Waals surface area contributed by atoms with Gasteiger partial charge in [-0.15, -0.1) is 0 Å². The maximum atomic E-state index is 13.4. The van der Waals surface area contributed by atoms with E-state index in [0.29, 0.717) is 43.9 Å². The molecule has 2 aliphatic heterocycles. The fraction of sp³-hybridized carbons (Fsp3) is 0.348. The lowest BCUT2D eigenvalue weighted by molar-refractivity contribution is 0.0666. The van der Waals surface area contributed by atoms with Crippen LogP contribution in [0.3, 0.4) is 0 Å². The first kappa shape index (κ1) is 25.2. The van der Waals surface area contributed by atoms with E-state index in [4.69, 9.17) is 23.1 Å². The van der Waals surface area contributed by atoms with Crippen LogP contribution < -0.4 is 27.7 Å². The van der Waals surface area contributed by atoms with Gasteiger partial charge in [0.15, 0.2) is 28.4 Å². The van der Waals surface area contributed by atoms with Crippen molar-refractivity contribution in [2.75, 3.05) is 31.1 Å². The van der Waals surface area contributed by atoms with Crippen molar-refractivity contribution in [2.45, 2.75) is 25.3 Å². The predicted molar refractivity (Wildman–Crippen MR) is 140 cm³/mol. The van der Waals surface area contributed by atoms with Crippen LogP contribution in [0.5, 0.6) is 0 Å². The van der Waals surface area contributed by atoms with Crippen LogP contribution in [0.15, 0.2) is 34.3 Å². The Morgan fingerprint density at radius 3 is 2.61 bits per heavy atom. The molecule has 2 aliphatic rings. The van der Waals surface area contributed by atoms with Gasteiger partial charge in [0.1, 0.15) is 5.56 Å². The van der Waals surface area contributed by atoms with Crippen molar-refractivity contribution in [1.29, 1.82) is 0 Å². The number of hydrogen-bond acceptors (Lipinski definition) is 10. The van der Waals surface area contributed by atoms with E-state index in [-0.39, 0.29) is 45.5 Å². The molecule has 0 aliphatic carbocycles. The Kier molecular flexibility index (Phi) is 6.26. The molecule has 0 radical (unpaired) electrons. The van der Waals surface area contributed by atoms with Crippen molar-refractivity contribution >= 4 is 41.0 Å². The Morgan fingerprint density at radius 2 is 1.92 bits per heavy atom. The summed E-state index contributed by atoms with van der Waals surface area (Å²) in [7, 11) is 1.73. The molecule has 14 nitrogen and oxygen atoms in total. The van der Waals surface area contributed by atoms with E-state index in [1.54, 1.807) is 48.1 Å². The molecule has 6 N–H and O–H groups in total. The molecule has 0 aromatic carbocycles. The smallest absolute Gasteiger partial charge is 0.284 e. The molecule has 38 heavy (non-hydrogen) atoms. The highest BCUT2D eigenvalue weighted by atomic mass is 35.5. The number of guanidine groups is 1. The van der Waals surface area contributed by atoms with Crippen LogP contribution in [0, 0.1) is 6.92 Å². The van der Waals surface area contributed by atoms with Gasteiger partial charge in [-0.3, -0.25) is 34.4 Å². The normalized spacial score (nSPS) is 16.3. The van der Waals surface area contributed by atoms with Crippen LogP contribution in [0.1, 0.15) is 39.4 Å². The molecule has 2 amide bonds. The minimum Gasteiger partial charge on any atom is -0.382 e. The number of carbonyl (C=O) groups is 2. The number of hydrogen-bond donors (Lipinski definition) is 4. The number of nitrogens with two attached hydrogens (primary N) is 2. The van der Waals surface area contributed by atoms with Crippen LogP contribution in [-0.2, 0) is 7.05 Å². The Bertz CT molecular complexity index is 1520. The number of aromatic nitrogens is 5. The topological polar surface area (TPSA) is 191 Å². The molecule has 3 aromatic rings. The number of halogens is 1. The molecule has 5 heterocycles. The molecule has 15 heteroatoms. The van der Waals surface area contributed by atoms with Gasteiger partial charge in [-0.25, -0.2) is 14.6 Å². The summed E-state index contributed by atoms with van der Waals surface area (Å²) in [4.78, 5) is 57.2. The minimum atomic E-state index is -0.628. The number of nitrogens with zero attached hydrogens (tertiary/aromatic N) is 7. The van der Waals surface area contributed by atoms with Crippen molar-refractivity contribution in [1.82, 2.24) is 39.8 Å². The largest absolute Gasteiger partial charge is 0.382 e. The lowest BCUT2D eigenvalue weighted by atomic mass is 9.88. The fourth-order valence-corrected chi connectivity index (χ4v) is 4.84. The zero-order chi connectivity index (χ0) is 27.2. The maximum Gasteiger partial charge on any atom is 0.284 e. The summed E-state index contributed by atoms with van der Waals surface area (Å²) in [6, 6.07) is 3.49. The van der Waals surface area contributed by atoms with Crippen molar-refractivity contribution in [2.24, 2.45) is 12.0 Å². The van der Waals surface area contributed by atoms with Gasteiger partial charge in [0.25, 0.3) is 17.4 Å². The van der Waals surface area contributed by atoms with Crippen LogP contribution in [0.2, 0.25) is 5.15 Å². The summed E-state index contributed by atoms with van der Waals surface area (Å²) in [5.74, 6) is -0.899. The Hall–Kier alpha value is -4.46. The summed E-state index contributed by atoms with van der Waals surface area (Å²) in [6.07, 6.45) is 4.33. The number of nitrogens with one attached hydrogen (secondary N) is 2. The Balaban J connectivity index is 1.24. The Labute approximate surface area is 221 Å². The zero-order valence-corrected chi connectivity index (χ0v) is 21.5. The molecule has 0 unspecified atom stereocenters. The van der Waals surface area contributed by atoms with Gasteiger partial charge in [-0.05, 0) is 31.9 Å². The average molecular weight is 540 g/mol. The van der Waals surface area contributed by atoms with Gasteiger partial charge in [-0.2, -0.15) is 0 Å². The third-order valence-electron chi connectivity index (χ3n) is 6.94. The van der Waals surface area contributed by atoms with Gasteiger partial charge >= 0.3 is 0 Å². The number of pyridine rings is 1. The molecule has 1 saturated heterocycles. The average Bonchev–Trinajstić information content (AvgIpc) is 3.38. The summed E-state index contributed by atoms with van der Waals surface area (Å²) in [6.45, 7) is 2.98. The lowest BCUT2D eigenvalue weighted by Gasteiger charge is -2.39. The number of amides is 2. The van der Waals surface area contributed by atoms with E-state index in [0.717, 1.165) is 0 Å². The molecule has 198 valence electrons. The summed E-state index contributed by atoms with van der Waals surface area (Å²) in [5, 5.41) is 5.78. The van der Waals surface area contributed by atoms with Crippen LogP contribution in [0.4, 0.5) is 11.6 Å². The predicted octanol–water partition coefficient (Wildman–Crippen LogP) is -0.149. The molecule has 3 aromatic heterocycles. The quantitative estimate of drug-likeness (QED) is 0.350. The molecule has 0 saturated carbocycles. The van der Waals surface area contributed by atoms with Gasteiger partial charge < -0.3 is 21.7 Å². The van der Waals surface area contributed by atoms with E-state index in [2.05, 4.69) is 30.6 Å². The highest BCUT2D eigenvalue weighted by Gasteiger charge is 2.41. The van der Waals surface area contributed by atoms with Crippen LogP contribution in [-0.4, -0.2) is 72.2 Å². The van der Waals surface area contributed by atoms with E-state index in [9.17, 15) is 14.4 Å². The van der Waals surface area contributed by atoms with Crippen molar-refractivity contribution in [3.63, 3.8) is 0 Å². The van der Waals surface area contributed by atoms with Crippen LogP contribution in [0.25, 0.3) is 5.69 Å². The summed E-state index contributed by atoms with van der Waals surface area (Å²) >= 11 is 5.87. The number of anilines is 2. The first-order valence-corrected chi connectivity index (χ1v) is 12.2. The monoisotopic (exact) mass is 539 g/mol. The van der Waals surface area contributed by atoms with Crippen molar-refractivity contribution in [3.05, 3.63) is 57.0 Å². The standard InChI is InChI=1S/C23H26ClN11O3/c1-12-14(21(38)35(33(12)2)13-4-3-7-27-10-13)20(37)34-8-5-23(6-9-34)11-28-22(32-23)31-19(36)15-17(25)30-18(26)16(24)29-15/h3-4,7,10H,5-6,8-9,11H2,1-2H3,(H4,25,26,30)(H2,28,31,32,36). The van der Waals surface area contributed by atoms with Gasteiger partial charge in [0, 0.05) is 26.3 Å².